The van der Waals surface area contributed by atoms with Gasteiger partial charge < -0.3 is 18.8 Å². The lowest BCUT2D eigenvalue weighted by Gasteiger charge is -1.99. The van der Waals surface area contributed by atoms with Crippen molar-refractivity contribution in [1.82, 2.24) is 9.97 Å². The maximum absolute atomic E-state index is 5.31. The molecule has 3 aromatic rings. The molecule has 2 heterocycles. The van der Waals surface area contributed by atoms with Crippen molar-refractivity contribution in [2.24, 2.45) is 0 Å². The van der Waals surface area contributed by atoms with E-state index in [1.807, 2.05) is 12.1 Å². The van der Waals surface area contributed by atoms with Crippen molar-refractivity contribution in [3.8, 4) is 0 Å². The molecule has 0 saturated heterocycles. The second-order valence-corrected chi connectivity index (χ2v) is 2.97. The van der Waals surface area contributed by atoms with Gasteiger partial charge in [0.05, 0.1) is 11.0 Å². The van der Waals surface area contributed by atoms with Gasteiger partial charge in [0, 0.05) is 18.5 Å². The molecule has 3 rings (SSSR count). The van der Waals surface area contributed by atoms with Gasteiger partial charge in [0.1, 0.15) is 12.5 Å². The Bertz CT molecular complexity index is 505. The maximum atomic E-state index is 5.31. The molecule has 0 spiro atoms. The number of aromatic amines is 2. The molecule has 0 radical (unpaired) electrons. The minimum atomic E-state index is 0.767. The van der Waals surface area contributed by atoms with Gasteiger partial charge in [-0.3, -0.25) is 0 Å². The third-order valence-electron chi connectivity index (χ3n) is 2.09. The molecule has 1 aromatic carbocycles. The molecular weight excluding hydrogens is 180 g/mol. The molecule has 0 unspecified atom stereocenters. The zero-order valence-corrected chi connectivity index (χ0v) is 7.28. The first kappa shape index (κ1) is 7.32. The van der Waals surface area contributed by atoms with Gasteiger partial charge in [-0.05, 0) is 6.07 Å². The van der Waals surface area contributed by atoms with Gasteiger partial charge in [-0.1, -0.05) is 0 Å². The van der Waals surface area contributed by atoms with Crippen LogP contribution in [-0.4, -0.2) is 9.97 Å². The standard InChI is InChI=1S/C10H8N2O2/c1-3-13-9-6-10-8(5-7(9)11-1)12-2-4-14-10/h1-6,11-12H. The van der Waals surface area contributed by atoms with Crippen LogP contribution in [0.25, 0.3) is 22.2 Å². The molecule has 2 aromatic heterocycles. The minimum absolute atomic E-state index is 0.767. The van der Waals surface area contributed by atoms with Gasteiger partial charge in [0.15, 0.2) is 11.2 Å². The average molecular weight is 188 g/mol. The number of hydrogen-bond acceptors (Lipinski definition) is 2. The molecule has 2 N–H and O–H groups in total. The van der Waals surface area contributed by atoms with E-state index in [0.29, 0.717) is 0 Å². The molecule has 0 fully saturated rings. The summed E-state index contributed by atoms with van der Waals surface area (Å²) in [6.45, 7) is 0. The summed E-state index contributed by atoms with van der Waals surface area (Å²) in [5.74, 6) is 0. The zero-order chi connectivity index (χ0) is 9.38. The highest BCUT2D eigenvalue weighted by molar-refractivity contribution is 5.87. The predicted molar refractivity (Wildman–Crippen MR) is 52.3 cm³/mol. The number of nitrogens with one attached hydrogen (secondary N) is 2. The van der Waals surface area contributed by atoms with E-state index in [1.54, 1.807) is 24.9 Å². The predicted octanol–water partition coefficient (Wildman–Crippen LogP) is 2.96. The number of hydrogen-bond donors (Lipinski definition) is 2. The van der Waals surface area contributed by atoms with Crippen LogP contribution in [0.1, 0.15) is 0 Å². The summed E-state index contributed by atoms with van der Waals surface area (Å²) < 4.78 is 10.6. The van der Waals surface area contributed by atoms with Crippen LogP contribution in [0.5, 0.6) is 0 Å². The van der Waals surface area contributed by atoms with E-state index >= 15 is 0 Å². The Morgan fingerprint density at radius 1 is 0.786 bits per heavy atom. The van der Waals surface area contributed by atoms with Crippen molar-refractivity contribution in [3.05, 3.63) is 37.1 Å². The van der Waals surface area contributed by atoms with E-state index in [2.05, 4.69) is 9.97 Å². The molecule has 0 aliphatic rings. The largest absolute Gasteiger partial charge is 0.461 e. The Balaban J connectivity index is 2.52. The summed E-state index contributed by atoms with van der Waals surface area (Å²) in [5.41, 5.74) is 3.39. The summed E-state index contributed by atoms with van der Waals surface area (Å²) in [5, 5.41) is 0. The van der Waals surface area contributed by atoms with Crippen molar-refractivity contribution in [2.75, 3.05) is 0 Å². The number of aromatic nitrogens is 2. The second-order valence-electron chi connectivity index (χ2n) is 2.97. The molecule has 0 saturated carbocycles. The summed E-state index contributed by atoms with van der Waals surface area (Å²) in [6.07, 6.45) is 6.68. The van der Waals surface area contributed by atoms with E-state index in [-0.39, 0.29) is 0 Å². The molecule has 4 nitrogen and oxygen atoms in total. The van der Waals surface area contributed by atoms with Gasteiger partial charge >= 0.3 is 0 Å². The van der Waals surface area contributed by atoms with Crippen molar-refractivity contribution < 1.29 is 8.83 Å². The highest BCUT2D eigenvalue weighted by Gasteiger charge is 1.99. The Morgan fingerprint density at radius 2 is 1.36 bits per heavy atom. The number of H-pyrrole nitrogens is 2. The van der Waals surface area contributed by atoms with E-state index < -0.39 is 0 Å². The summed E-state index contributed by atoms with van der Waals surface area (Å²) in [7, 11) is 0. The van der Waals surface area contributed by atoms with Crippen molar-refractivity contribution in [3.63, 3.8) is 0 Å². The fraction of sp³-hybridized carbons (Fsp3) is 0. The molecule has 0 aliphatic carbocycles. The van der Waals surface area contributed by atoms with Crippen molar-refractivity contribution in [2.45, 2.75) is 0 Å². The first-order valence-corrected chi connectivity index (χ1v) is 4.28. The molecule has 4 heteroatoms. The molecule has 0 bridgehead atoms. The smallest absolute Gasteiger partial charge is 0.153 e. The summed E-state index contributed by atoms with van der Waals surface area (Å²) in [4.78, 5) is 6.18. The highest BCUT2D eigenvalue weighted by atomic mass is 16.3. The second kappa shape index (κ2) is 2.70. The number of fused-ring (bicyclic) bond motifs is 2. The van der Waals surface area contributed by atoms with Gasteiger partial charge in [-0.15, -0.1) is 0 Å². The normalized spacial score (nSPS) is 10.9. The topological polar surface area (TPSA) is 57.9 Å². The molecule has 0 aliphatic heterocycles. The fourth-order valence-corrected chi connectivity index (χ4v) is 1.44. The Hall–Kier alpha value is -2.10. The Labute approximate surface area is 78.8 Å². The van der Waals surface area contributed by atoms with Crippen LogP contribution < -0.4 is 0 Å². The van der Waals surface area contributed by atoms with Crippen LogP contribution >= 0.6 is 0 Å². The fourth-order valence-electron chi connectivity index (χ4n) is 1.44. The van der Waals surface area contributed by atoms with Crippen LogP contribution in [0.3, 0.4) is 0 Å². The van der Waals surface area contributed by atoms with E-state index in [0.717, 1.165) is 22.2 Å². The lowest BCUT2D eigenvalue weighted by atomic mass is 10.3. The lowest BCUT2D eigenvalue weighted by Crippen LogP contribution is -1.81. The van der Waals surface area contributed by atoms with Gasteiger partial charge in [0.2, 0.25) is 0 Å². The summed E-state index contributed by atoms with van der Waals surface area (Å²) in [6, 6.07) is 3.79. The molecular formula is C10H8N2O2. The summed E-state index contributed by atoms with van der Waals surface area (Å²) >= 11 is 0. The van der Waals surface area contributed by atoms with Crippen molar-refractivity contribution in [1.29, 1.82) is 0 Å². The third-order valence-corrected chi connectivity index (χ3v) is 2.09. The highest BCUT2D eigenvalue weighted by Crippen LogP contribution is 2.18. The van der Waals surface area contributed by atoms with E-state index in [1.165, 1.54) is 0 Å². The third kappa shape index (κ3) is 1.01. The molecule has 0 amide bonds. The Morgan fingerprint density at radius 3 is 1.93 bits per heavy atom. The van der Waals surface area contributed by atoms with Gasteiger partial charge in [0.25, 0.3) is 0 Å². The van der Waals surface area contributed by atoms with Gasteiger partial charge in [-0.25, -0.2) is 0 Å². The monoisotopic (exact) mass is 188 g/mol. The van der Waals surface area contributed by atoms with Crippen LogP contribution in [0, 0.1) is 0 Å². The average Bonchev–Trinajstić information content (AvgIpc) is 2.26. The van der Waals surface area contributed by atoms with Crippen LogP contribution in [0.2, 0.25) is 0 Å². The zero-order valence-electron chi connectivity index (χ0n) is 7.28. The first-order valence-electron chi connectivity index (χ1n) is 4.28. The maximum Gasteiger partial charge on any atom is 0.153 e. The van der Waals surface area contributed by atoms with Crippen molar-refractivity contribution >= 4 is 22.2 Å². The van der Waals surface area contributed by atoms with E-state index in [4.69, 9.17) is 8.83 Å². The van der Waals surface area contributed by atoms with Gasteiger partial charge in [-0.2, -0.15) is 0 Å². The number of rotatable bonds is 0. The van der Waals surface area contributed by atoms with E-state index in [9.17, 15) is 0 Å². The SMILES string of the molecule is c1coc2cc3occ[nH]c3cc2[nH]1. The number of benzene rings is 1. The van der Waals surface area contributed by atoms with Crippen LogP contribution in [-0.2, 0) is 0 Å². The molecule has 70 valence electrons. The molecule has 14 heavy (non-hydrogen) atoms. The van der Waals surface area contributed by atoms with Crippen LogP contribution in [0.15, 0.2) is 45.9 Å². The Kier molecular flexibility index (Phi) is 1.41. The first-order chi connectivity index (χ1) is 6.93. The lowest BCUT2D eigenvalue weighted by molar-refractivity contribution is 0.585. The van der Waals surface area contributed by atoms with Crippen LogP contribution in [0.4, 0.5) is 0 Å². The molecule has 0 atom stereocenters. The quantitative estimate of drug-likeness (QED) is 0.533. The minimum Gasteiger partial charge on any atom is -0.461 e.